The molecule has 0 saturated carbocycles. The minimum Gasteiger partial charge on any atom is -0.396 e. The molecule has 0 radical (unpaired) electrons. The van der Waals surface area contributed by atoms with E-state index in [1.165, 1.54) is 12.1 Å². The van der Waals surface area contributed by atoms with Gasteiger partial charge in [0.15, 0.2) is 0 Å². The number of anilines is 2. The van der Waals surface area contributed by atoms with Crippen LogP contribution in [0.5, 0.6) is 0 Å². The highest BCUT2D eigenvalue weighted by Crippen LogP contribution is 2.19. The summed E-state index contributed by atoms with van der Waals surface area (Å²) in [7, 11) is -3.73. The van der Waals surface area contributed by atoms with E-state index < -0.39 is 15.8 Å². The molecular formula is C14H12FN3O2S. The van der Waals surface area contributed by atoms with Crippen LogP contribution < -0.4 is 10.5 Å². The largest absolute Gasteiger partial charge is 0.396 e. The molecule has 0 unspecified atom stereocenters. The lowest BCUT2D eigenvalue weighted by Gasteiger charge is -2.09. The van der Waals surface area contributed by atoms with E-state index in [0.717, 1.165) is 6.07 Å². The van der Waals surface area contributed by atoms with Gasteiger partial charge in [-0.05, 0) is 29.8 Å². The van der Waals surface area contributed by atoms with E-state index in [9.17, 15) is 12.8 Å². The highest BCUT2D eigenvalue weighted by atomic mass is 32.2. The molecule has 0 spiro atoms. The van der Waals surface area contributed by atoms with Crippen LogP contribution in [0.4, 0.5) is 15.8 Å². The smallest absolute Gasteiger partial charge is 0.236 e. The second-order valence-electron chi connectivity index (χ2n) is 4.37. The van der Waals surface area contributed by atoms with Crippen molar-refractivity contribution >= 4 is 21.4 Å². The fraction of sp³-hybridized carbons (Fsp3) is 0.0714. The molecule has 0 aliphatic rings. The number of hydrogen-bond donors (Lipinski definition) is 2. The Kier molecular flexibility index (Phi) is 4.10. The van der Waals surface area contributed by atoms with Gasteiger partial charge in [0.1, 0.15) is 5.82 Å². The lowest BCUT2D eigenvalue weighted by molar-refractivity contribution is 0.600. The van der Waals surface area contributed by atoms with Crippen LogP contribution in [-0.4, -0.2) is 8.42 Å². The van der Waals surface area contributed by atoms with E-state index in [-0.39, 0.29) is 17.1 Å². The van der Waals surface area contributed by atoms with Crippen molar-refractivity contribution in [2.45, 2.75) is 5.75 Å². The molecule has 2 aromatic rings. The summed E-state index contributed by atoms with van der Waals surface area (Å²) in [6.07, 6.45) is 0. The summed E-state index contributed by atoms with van der Waals surface area (Å²) in [5, 5.41) is 8.95. The number of halogens is 1. The zero-order valence-corrected chi connectivity index (χ0v) is 11.7. The first-order valence-corrected chi connectivity index (χ1v) is 7.60. The van der Waals surface area contributed by atoms with Crippen LogP contribution in [0.2, 0.25) is 0 Å². The zero-order valence-electron chi connectivity index (χ0n) is 10.9. The summed E-state index contributed by atoms with van der Waals surface area (Å²) in [4.78, 5) is 0. The Balaban J connectivity index is 2.23. The number of hydrogen-bond acceptors (Lipinski definition) is 4. The van der Waals surface area contributed by atoms with Gasteiger partial charge in [-0.2, -0.15) is 5.26 Å². The Morgan fingerprint density at radius 2 is 1.95 bits per heavy atom. The maximum absolute atomic E-state index is 13.0. The predicted molar refractivity (Wildman–Crippen MR) is 78.2 cm³/mol. The van der Waals surface area contributed by atoms with E-state index in [1.807, 2.05) is 6.07 Å². The number of rotatable bonds is 4. The maximum Gasteiger partial charge on any atom is 0.236 e. The lowest BCUT2D eigenvalue weighted by Crippen LogP contribution is -2.16. The summed E-state index contributed by atoms with van der Waals surface area (Å²) >= 11 is 0. The van der Waals surface area contributed by atoms with Crippen LogP contribution in [0.25, 0.3) is 0 Å². The van der Waals surface area contributed by atoms with E-state index in [4.69, 9.17) is 11.0 Å². The van der Waals surface area contributed by atoms with Crippen molar-refractivity contribution in [1.82, 2.24) is 0 Å². The Hall–Kier alpha value is -2.59. The van der Waals surface area contributed by atoms with Crippen LogP contribution >= 0.6 is 0 Å². The monoisotopic (exact) mass is 305 g/mol. The van der Waals surface area contributed by atoms with Gasteiger partial charge in [-0.25, -0.2) is 12.8 Å². The van der Waals surface area contributed by atoms with Gasteiger partial charge in [0, 0.05) is 0 Å². The fourth-order valence-corrected chi connectivity index (χ4v) is 3.00. The molecule has 3 N–H and O–H groups in total. The molecule has 7 heteroatoms. The Morgan fingerprint density at radius 1 is 1.24 bits per heavy atom. The van der Waals surface area contributed by atoms with Gasteiger partial charge < -0.3 is 5.73 Å². The predicted octanol–water partition coefficient (Wildman–Crippen LogP) is 2.22. The third-order valence-corrected chi connectivity index (χ3v) is 3.99. The SMILES string of the molecule is N#Cc1ccccc1CS(=O)(=O)Nc1ccc(F)c(N)c1. The van der Waals surface area contributed by atoms with Crippen molar-refractivity contribution in [3.8, 4) is 6.07 Å². The van der Waals surface area contributed by atoms with Crippen LogP contribution in [0.15, 0.2) is 42.5 Å². The molecule has 0 atom stereocenters. The van der Waals surface area contributed by atoms with Gasteiger partial charge in [0.05, 0.1) is 28.8 Å². The average Bonchev–Trinajstić information content (AvgIpc) is 2.43. The molecule has 0 heterocycles. The number of nitrogens with two attached hydrogens (primary N) is 1. The van der Waals surface area contributed by atoms with Crippen molar-refractivity contribution < 1.29 is 12.8 Å². The normalized spacial score (nSPS) is 10.9. The third-order valence-electron chi connectivity index (χ3n) is 2.75. The van der Waals surface area contributed by atoms with E-state index >= 15 is 0 Å². The highest BCUT2D eigenvalue weighted by molar-refractivity contribution is 7.91. The van der Waals surface area contributed by atoms with E-state index in [1.54, 1.807) is 24.3 Å². The van der Waals surface area contributed by atoms with E-state index in [0.29, 0.717) is 11.1 Å². The molecule has 108 valence electrons. The first-order valence-electron chi connectivity index (χ1n) is 5.95. The maximum atomic E-state index is 13.0. The molecule has 21 heavy (non-hydrogen) atoms. The van der Waals surface area contributed by atoms with Crippen molar-refractivity contribution in [3.63, 3.8) is 0 Å². The molecule has 0 saturated heterocycles. The molecule has 0 aliphatic heterocycles. The quantitative estimate of drug-likeness (QED) is 0.846. The second-order valence-corrected chi connectivity index (χ2v) is 6.09. The summed E-state index contributed by atoms with van der Waals surface area (Å²) in [5.74, 6) is -0.971. The zero-order chi connectivity index (χ0) is 15.5. The molecule has 0 aliphatic carbocycles. The molecule has 2 rings (SSSR count). The molecule has 5 nitrogen and oxygen atoms in total. The molecule has 2 aromatic carbocycles. The third kappa shape index (κ3) is 3.70. The summed E-state index contributed by atoms with van der Waals surface area (Å²) < 4.78 is 39.5. The van der Waals surface area contributed by atoms with Crippen LogP contribution in [0, 0.1) is 17.1 Å². The van der Waals surface area contributed by atoms with Crippen molar-refractivity contribution in [3.05, 3.63) is 59.4 Å². The summed E-state index contributed by atoms with van der Waals surface area (Å²) in [5.41, 5.74) is 6.09. The molecular weight excluding hydrogens is 293 g/mol. The van der Waals surface area contributed by atoms with Crippen molar-refractivity contribution in [2.24, 2.45) is 0 Å². The van der Waals surface area contributed by atoms with Gasteiger partial charge in [-0.15, -0.1) is 0 Å². The molecule has 0 amide bonds. The summed E-state index contributed by atoms with van der Waals surface area (Å²) in [6.45, 7) is 0. The lowest BCUT2D eigenvalue weighted by atomic mass is 10.1. The highest BCUT2D eigenvalue weighted by Gasteiger charge is 2.15. The number of nitriles is 1. The Morgan fingerprint density at radius 3 is 2.62 bits per heavy atom. The number of nitrogens with zero attached hydrogens (tertiary/aromatic N) is 1. The van der Waals surface area contributed by atoms with Gasteiger partial charge in [-0.3, -0.25) is 4.72 Å². The van der Waals surface area contributed by atoms with Crippen molar-refractivity contribution in [2.75, 3.05) is 10.5 Å². The standard InChI is InChI=1S/C14H12FN3O2S/c15-13-6-5-12(7-14(13)17)18-21(19,20)9-11-4-2-1-3-10(11)8-16/h1-7,18H,9,17H2. The summed E-state index contributed by atoms with van der Waals surface area (Å²) in [6, 6.07) is 11.9. The van der Waals surface area contributed by atoms with Crippen LogP contribution in [0.3, 0.4) is 0 Å². The van der Waals surface area contributed by atoms with Crippen LogP contribution in [-0.2, 0) is 15.8 Å². The number of benzene rings is 2. The van der Waals surface area contributed by atoms with E-state index in [2.05, 4.69) is 4.72 Å². The van der Waals surface area contributed by atoms with Gasteiger partial charge in [0.2, 0.25) is 10.0 Å². The Bertz CT molecular complexity index is 813. The van der Waals surface area contributed by atoms with Gasteiger partial charge in [0.25, 0.3) is 0 Å². The second kappa shape index (κ2) is 5.81. The topological polar surface area (TPSA) is 96.0 Å². The molecule has 0 aromatic heterocycles. The van der Waals surface area contributed by atoms with Crippen molar-refractivity contribution in [1.29, 1.82) is 5.26 Å². The number of nitrogen functional groups attached to an aromatic ring is 1. The van der Waals surface area contributed by atoms with Gasteiger partial charge in [-0.1, -0.05) is 18.2 Å². The molecule has 0 fully saturated rings. The number of nitrogens with one attached hydrogen (secondary N) is 1. The first-order chi connectivity index (χ1) is 9.91. The fourth-order valence-electron chi connectivity index (χ4n) is 1.78. The first kappa shape index (κ1) is 14.8. The minimum atomic E-state index is -3.73. The number of sulfonamides is 1. The van der Waals surface area contributed by atoms with Crippen LogP contribution in [0.1, 0.15) is 11.1 Å². The average molecular weight is 305 g/mol. The molecule has 0 bridgehead atoms. The van der Waals surface area contributed by atoms with Gasteiger partial charge >= 0.3 is 0 Å². The minimum absolute atomic E-state index is 0.146. The Labute approximate surface area is 121 Å².